The molecule has 1 amide bonds. The van der Waals surface area contributed by atoms with Gasteiger partial charge in [-0.15, -0.1) is 0 Å². The summed E-state index contributed by atoms with van der Waals surface area (Å²) in [6.07, 6.45) is -21.9. The van der Waals surface area contributed by atoms with Gasteiger partial charge in [-0.05, 0) is 6.92 Å². The van der Waals surface area contributed by atoms with Crippen molar-refractivity contribution in [2.45, 2.75) is 106 Å². The summed E-state index contributed by atoms with van der Waals surface area (Å²) in [5.41, 5.74) is 0. The summed E-state index contributed by atoms with van der Waals surface area (Å²) in [4.78, 5) is 11.5. The van der Waals surface area contributed by atoms with Gasteiger partial charge < -0.3 is 75.0 Å². The van der Waals surface area contributed by atoms with Crippen LogP contribution in [0, 0.1) is 0 Å². The van der Waals surface area contributed by atoms with Gasteiger partial charge in [-0.2, -0.15) is 0 Å². The zero-order chi connectivity index (χ0) is 26.9. The van der Waals surface area contributed by atoms with Crippen LogP contribution in [-0.4, -0.2) is 157 Å². The third-order valence-electron chi connectivity index (χ3n) is 6.45. The smallest absolute Gasteiger partial charge is 0.217 e. The van der Waals surface area contributed by atoms with Gasteiger partial charge in [0.05, 0.1) is 19.3 Å². The second-order valence-corrected chi connectivity index (χ2v) is 9.05. The van der Waals surface area contributed by atoms with Crippen LogP contribution in [0.3, 0.4) is 0 Å². The quantitative estimate of drug-likeness (QED) is 0.147. The minimum atomic E-state index is -1.84. The van der Waals surface area contributed by atoms with Crippen LogP contribution in [0.25, 0.3) is 0 Å². The lowest BCUT2D eigenvalue weighted by Gasteiger charge is -2.48. The third-order valence-corrected chi connectivity index (χ3v) is 6.45. The molecule has 3 rings (SSSR count). The average molecular weight is 529 g/mol. The molecule has 0 aromatic carbocycles. The molecule has 3 aliphatic heterocycles. The van der Waals surface area contributed by atoms with E-state index in [4.69, 9.17) is 23.7 Å². The second-order valence-electron chi connectivity index (χ2n) is 9.05. The van der Waals surface area contributed by atoms with E-state index in [0.717, 1.165) is 6.92 Å². The topological polar surface area (TPSA) is 257 Å². The molecule has 0 aromatic heterocycles. The van der Waals surface area contributed by atoms with Crippen molar-refractivity contribution in [3.63, 3.8) is 0 Å². The molecule has 0 saturated carbocycles. The predicted octanol–water partition coefficient (Wildman–Crippen LogP) is -6.40. The maximum absolute atomic E-state index is 11.5. The zero-order valence-corrected chi connectivity index (χ0v) is 19.5. The Morgan fingerprint density at radius 3 is 1.81 bits per heavy atom. The summed E-state index contributed by atoms with van der Waals surface area (Å²) in [5, 5.41) is 93.8. The minimum absolute atomic E-state index is 0.569. The fourth-order valence-corrected chi connectivity index (χ4v) is 4.43. The van der Waals surface area contributed by atoms with Crippen LogP contribution in [0.5, 0.6) is 0 Å². The number of aliphatic hydroxyl groups excluding tert-OH is 9. The molecule has 0 radical (unpaired) electrons. The highest BCUT2D eigenvalue weighted by Gasteiger charge is 2.53. The maximum atomic E-state index is 11.5. The van der Waals surface area contributed by atoms with Crippen LogP contribution in [0.1, 0.15) is 13.8 Å². The maximum Gasteiger partial charge on any atom is 0.217 e. The Hall–Kier alpha value is -1.09. The standard InChI is InChI=1S/C20H35NO15/c1-5-16(12(27)9(18(31)32-5)21-6(2)24)35-20-15(30)17(11(26)8(4-23)34-20)36-19-14(29)13(28)10(25)7(3-22)33-19/h5,7-20,22-23,25-31H,3-4H2,1-2H3,(H,21,24)/t5-,7-,8-,9-,10+,11+,12-,13+,14-,15-,16-,17+,18?,19-,20+/m1/s1. The van der Waals surface area contributed by atoms with E-state index in [1.807, 2.05) is 0 Å². The number of amides is 1. The fraction of sp³-hybridized carbons (Fsp3) is 0.950. The van der Waals surface area contributed by atoms with E-state index in [0.29, 0.717) is 0 Å². The van der Waals surface area contributed by atoms with E-state index < -0.39 is 111 Å². The molecule has 16 nitrogen and oxygen atoms in total. The average Bonchev–Trinajstić information content (AvgIpc) is 2.83. The molecular weight excluding hydrogens is 494 g/mol. The van der Waals surface area contributed by atoms with Crippen molar-refractivity contribution in [2.24, 2.45) is 0 Å². The van der Waals surface area contributed by atoms with Crippen molar-refractivity contribution in [3.05, 3.63) is 0 Å². The molecule has 3 heterocycles. The van der Waals surface area contributed by atoms with Gasteiger partial charge in [-0.1, -0.05) is 0 Å². The molecule has 1 unspecified atom stereocenters. The molecule has 210 valence electrons. The molecule has 0 spiro atoms. The number of carbonyl (C=O) groups is 1. The Kier molecular flexibility index (Phi) is 9.97. The molecule has 3 saturated heterocycles. The van der Waals surface area contributed by atoms with E-state index in [2.05, 4.69) is 5.32 Å². The number of rotatable bonds is 7. The number of hydrogen-bond acceptors (Lipinski definition) is 15. The molecule has 16 heteroatoms. The summed E-state index contributed by atoms with van der Waals surface area (Å²) in [6.45, 7) is 1.09. The van der Waals surface area contributed by atoms with Crippen LogP contribution in [-0.2, 0) is 28.5 Å². The third kappa shape index (κ3) is 5.97. The Balaban J connectivity index is 1.78. The van der Waals surface area contributed by atoms with Crippen LogP contribution >= 0.6 is 0 Å². The first-order valence-electron chi connectivity index (χ1n) is 11.4. The van der Waals surface area contributed by atoms with E-state index in [9.17, 15) is 50.8 Å². The predicted molar refractivity (Wildman–Crippen MR) is 111 cm³/mol. The highest BCUT2D eigenvalue weighted by molar-refractivity contribution is 5.73. The van der Waals surface area contributed by atoms with E-state index in [1.54, 1.807) is 0 Å². The number of aliphatic hydroxyl groups is 9. The van der Waals surface area contributed by atoms with Crippen molar-refractivity contribution in [1.82, 2.24) is 5.32 Å². The first-order chi connectivity index (χ1) is 16.9. The Labute approximate surface area is 205 Å². The highest BCUT2D eigenvalue weighted by atomic mass is 16.7. The lowest BCUT2D eigenvalue weighted by atomic mass is 9.95. The van der Waals surface area contributed by atoms with Crippen LogP contribution in [0.4, 0.5) is 0 Å². The summed E-state index contributed by atoms with van der Waals surface area (Å²) in [6, 6.07) is -1.29. The fourth-order valence-electron chi connectivity index (χ4n) is 4.43. The first kappa shape index (κ1) is 29.5. The molecule has 0 bridgehead atoms. The molecule has 3 fully saturated rings. The van der Waals surface area contributed by atoms with Gasteiger partial charge in [0.1, 0.15) is 67.1 Å². The lowest BCUT2D eigenvalue weighted by Crippen LogP contribution is -2.67. The van der Waals surface area contributed by atoms with Gasteiger partial charge in [0.15, 0.2) is 18.9 Å². The SMILES string of the molecule is CC(=O)N[C@H]1C(O)O[C@H](C)[C@@H](O[C@@H]2O[C@H](CO)[C@H](O)[C@H](O[C@H]3O[C@H](CO)[C@H](O)[C@H](O)[C@H]3O)[C@H]2O)[C@@H]1O. The number of carbonyl (C=O) groups excluding carboxylic acids is 1. The van der Waals surface area contributed by atoms with Crippen LogP contribution in [0.15, 0.2) is 0 Å². The van der Waals surface area contributed by atoms with Gasteiger partial charge >= 0.3 is 0 Å². The minimum Gasteiger partial charge on any atom is -0.394 e. The van der Waals surface area contributed by atoms with Crippen molar-refractivity contribution < 1.29 is 74.4 Å². The van der Waals surface area contributed by atoms with Crippen LogP contribution < -0.4 is 5.32 Å². The number of hydrogen-bond donors (Lipinski definition) is 10. The van der Waals surface area contributed by atoms with E-state index in [-0.39, 0.29) is 0 Å². The second kappa shape index (κ2) is 12.2. The molecule has 36 heavy (non-hydrogen) atoms. The molecule has 0 aromatic rings. The summed E-state index contributed by atoms with van der Waals surface area (Å²) in [7, 11) is 0. The largest absolute Gasteiger partial charge is 0.394 e. The summed E-state index contributed by atoms with van der Waals surface area (Å²) < 4.78 is 27.2. The van der Waals surface area contributed by atoms with Gasteiger partial charge in [0.25, 0.3) is 0 Å². The van der Waals surface area contributed by atoms with Gasteiger partial charge in [-0.25, -0.2) is 0 Å². The first-order valence-corrected chi connectivity index (χ1v) is 11.4. The molecule has 15 atom stereocenters. The molecule has 0 aliphatic carbocycles. The van der Waals surface area contributed by atoms with Crippen molar-refractivity contribution in [1.29, 1.82) is 0 Å². The summed E-state index contributed by atoms with van der Waals surface area (Å²) in [5.74, 6) is -0.569. The monoisotopic (exact) mass is 529 g/mol. The van der Waals surface area contributed by atoms with Gasteiger partial charge in [0, 0.05) is 6.92 Å². The van der Waals surface area contributed by atoms with E-state index >= 15 is 0 Å². The Morgan fingerprint density at radius 2 is 1.25 bits per heavy atom. The molecular formula is C20H35NO15. The highest BCUT2D eigenvalue weighted by Crippen LogP contribution is 2.32. The van der Waals surface area contributed by atoms with Crippen molar-refractivity contribution in [3.8, 4) is 0 Å². The zero-order valence-electron chi connectivity index (χ0n) is 19.5. The molecule has 3 aliphatic rings. The Morgan fingerprint density at radius 1 is 0.722 bits per heavy atom. The van der Waals surface area contributed by atoms with Crippen LogP contribution in [0.2, 0.25) is 0 Å². The summed E-state index contributed by atoms with van der Waals surface area (Å²) >= 11 is 0. The van der Waals surface area contributed by atoms with Gasteiger partial charge in [0.2, 0.25) is 5.91 Å². The van der Waals surface area contributed by atoms with E-state index in [1.165, 1.54) is 6.92 Å². The lowest BCUT2D eigenvalue weighted by molar-refractivity contribution is -0.373. The Bertz CT molecular complexity index is 729. The van der Waals surface area contributed by atoms with Crippen molar-refractivity contribution >= 4 is 5.91 Å². The van der Waals surface area contributed by atoms with Gasteiger partial charge in [-0.3, -0.25) is 4.79 Å². The molecule has 10 N–H and O–H groups in total. The van der Waals surface area contributed by atoms with Crippen molar-refractivity contribution in [2.75, 3.05) is 13.2 Å². The number of nitrogens with one attached hydrogen (secondary N) is 1. The number of ether oxygens (including phenoxy) is 5. The normalized spacial score (nSPS) is 50.0.